The normalized spacial score (nSPS) is 11.1. The number of rotatable bonds is 7. The molecule has 0 aliphatic heterocycles. The lowest BCUT2D eigenvalue weighted by Crippen LogP contribution is -2.25. The van der Waals surface area contributed by atoms with Crippen LogP contribution < -0.4 is 4.72 Å². The molecule has 0 amide bonds. The molecular weight excluding hydrogens is 264 g/mol. The number of nitrogens with zero attached hydrogens (tertiary/aromatic N) is 3. The van der Waals surface area contributed by atoms with Crippen molar-refractivity contribution in [3.63, 3.8) is 0 Å². The standard InChI is InChI=1S/C12H18N4O2S/c1-10-5-6-12(9-11(10)2)19(17,18)15-8-4-3-7-14-16-13/h5-6,9,15H,3-4,7-8H2,1-2H3. The van der Waals surface area contributed by atoms with Gasteiger partial charge < -0.3 is 0 Å². The van der Waals surface area contributed by atoms with Crippen LogP contribution in [0, 0.1) is 13.8 Å². The molecule has 0 aromatic heterocycles. The largest absolute Gasteiger partial charge is 0.240 e. The van der Waals surface area contributed by atoms with Crippen molar-refractivity contribution in [3.8, 4) is 0 Å². The van der Waals surface area contributed by atoms with Crippen molar-refractivity contribution in [3.05, 3.63) is 39.8 Å². The van der Waals surface area contributed by atoms with Crippen LogP contribution in [0.25, 0.3) is 10.4 Å². The van der Waals surface area contributed by atoms with Gasteiger partial charge in [-0.15, -0.1) is 0 Å². The van der Waals surface area contributed by atoms with E-state index >= 15 is 0 Å². The minimum Gasteiger partial charge on any atom is -0.211 e. The van der Waals surface area contributed by atoms with Crippen LogP contribution in [0.15, 0.2) is 28.2 Å². The summed E-state index contributed by atoms with van der Waals surface area (Å²) >= 11 is 0. The molecule has 104 valence electrons. The minimum absolute atomic E-state index is 0.283. The maximum Gasteiger partial charge on any atom is 0.240 e. The summed E-state index contributed by atoms with van der Waals surface area (Å²) in [5.74, 6) is 0. The molecule has 1 rings (SSSR count). The van der Waals surface area contributed by atoms with Crippen LogP contribution in [0.2, 0.25) is 0 Å². The molecule has 0 aliphatic rings. The Bertz CT molecular complexity index is 577. The smallest absolute Gasteiger partial charge is 0.211 e. The average molecular weight is 282 g/mol. The van der Waals surface area contributed by atoms with E-state index in [0.717, 1.165) is 11.1 Å². The summed E-state index contributed by atoms with van der Waals surface area (Å²) in [4.78, 5) is 2.92. The van der Waals surface area contributed by atoms with Gasteiger partial charge in [0.15, 0.2) is 0 Å². The first kappa shape index (κ1) is 15.5. The second-order valence-corrected chi connectivity index (χ2v) is 6.07. The van der Waals surface area contributed by atoms with Crippen LogP contribution in [0.5, 0.6) is 0 Å². The van der Waals surface area contributed by atoms with Crippen LogP contribution in [0.4, 0.5) is 0 Å². The number of benzene rings is 1. The SMILES string of the molecule is Cc1ccc(S(=O)(=O)NCCCCN=[N+]=[N-])cc1C. The second-order valence-electron chi connectivity index (χ2n) is 4.31. The van der Waals surface area contributed by atoms with Gasteiger partial charge in [-0.1, -0.05) is 11.2 Å². The van der Waals surface area contributed by atoms with Crippen molar-refractivity contribution in [2.24, 2.45) is 5.11 Å². The molecule has 0 saturated heterocycles. The lowest BCUT2D eigenvalue weighted by atomic mass is 10.1. The monoisotopic (exact) mass is 282 g/mol. The zero-order valence-corrected chi connectivity index (χ0v) is 11.9. The van der Waals surface area contributed by atoms with Crippen molar-refractivity contribution < 1.29 is 8.42 Å². The zero-order valence-electron chi connectivity index (χ0n) is 11.1. The molecule has 0 atom stereocenters. The Morgan fingerprint density at radius 2 is 2.00 bits per heavy atom. The van der Waals surface area contributed by atoms with E-state index in [2.05, 4.69) is 14.7 Å². The number of sulfonamides is 1. The molecule has 0 heterocycles. The third-order valence-corrected chi connectivity index (χ3v) is 4.29. The van der Waals surface area contributed by atoms with Crippen LogP contribution in [-0.4, -0.2) is 21.5 Å². The first-order valence-corrected chi connectivity index (χ1v) is 7.53. The number of azide groups is 1. The van der Waals surface area contributed by atoms with E-state index in [9.17, 15) is 8.42 Å². The minimum atomic E-state index is -3.45. The highest BCUT2D eigenvalue weighted by molar-refractivity contribution is 7.89. The molecule has 19 heavy (non-hydrogen) atoms. The predicted molar refractivity (Wildman–Crippen MR) is 74.4 cm³/mol. The molecule has 7 heteroatoms. The molecule has 1 N–H and O–H groups in total. The van der Waals surface area contributed by atoms with Gasteiger partial charge in [-0.25, -0.2) is 13.1 Å². The maximum absolute atomic E-state index is 12.0. The number of aryl methyl sites for hydroxylation is 2. The highest BCUT2D eigenvalue weighted by Gasteiger charge is 2.13. The highest BCUT2D eigenvalue weighted by atomic mass is 32.2. The lowest BCUT2D eigenvalue weighted by Gasteiger charge is -2.08. The average Bonchev–Trinajstić information content (AvgIpc) is 2.36. The van der Waals surface area contributed by atoms with Gasteiger partial charge in [0.1, 0.15) is 0 Å². The summed E-state index contributed by atoms with van der Waals surface area (Å²) in [6, 6.07) is 5.06. The van der Waals surface area contributed by atoms with E-state index in [4.69, 9.17) is 5.53 Å². The Hall–Kier alpha value is -1.56. The quantitative estimate of drug-likeness (QED) is 0.360. The summed E-state index contributed by atoms with van der Waals surface area (Å²) in [5, 5.41) is 3.39. The predicted octanol–water partition coefficient (Wildman–Crippen LogP) is 2.67. The maximum atomic E-state index is 12.0. The molecule has 0 spiro atoms. The van der Waals surface area contributed by atoms with Gasteiger partial charge in [-0.3, -0.25) is 0 Å². The first-order chi connectivity index (χ1) is 8.97. The molecule has 0 unspecified atom stereocenters. The highest BCUT2D eigenvalue weighted by Crippen LogP contribution is 2.14. The zero-order chi connectivity index (χ0) is 14.3. The van der Waals surface area contributed by atoms with Gasteiger partial charge in [0, 0.05) is 18.0 Å². The Kier molecular flexibility index (Phi) is 5.82. The van der Waals surface area contributed by atoms with E-state index < -0.39 is 10.0 Å². The Morgan fingerprint density at radius 3 is 2.63 bits per heavy atom. The summed E-state index contributed by atoms with van der Waals surface area (Å²) in [6.07, 6.45) is 1.31. The lowest BCUT2D eigenvalue weighted by molar-refractivity contribution is 0.577. The molecule has 0 bridgehead atoms. The molecule has 0 saturated carbocycles. The fourth-order valence-electron chi connectivity index (χ4n) is 1.52. The van der Waals surface area contributed by atoms with E-state index in [-0.39, 0.29) is 4.90 Å². The van der Waals surface area contributed by atoms with Crippen molar-refractivity contribution in [2.75, 3.05) is 13.1 Å². The van der Waals surface area contributed by atoms with E-state index in [1.165, 1.54) is 0 Å². The van der Waals surface area contributed by atoms with Gasteiger partial charge in [0.25, 0.3) is 0 Å². The number of hydrogen-bond donors (Lipinski definition) is 1. The third-order valence-electron chi connectivity index (χ3n) is 2.83. The van der Waals surface area contributed by atoms with Gasteiger partial charge >= 0.3 is 0 Å². The van der Waals surface area contributed by atoms with Crippen LogP contribution >= 0.6 is 0 Å². The van der Waals surface area contributed by atoms with Crippen molar-refractivity contribution >= 4 is 10.0 Å². The number of hydrogen-bond acceptors (Lipinski definition) is 3. The Balaban J connectivity index is 2.56. The molecular formula is C12H18N4O2S. The van der Waals surface area contributed by atoms with E-state index in [0.29, 0.717) is 25.9 Å². The number of unbranched alkanes of at least 4 members (excludes halogenated alkanes) is 1. The third kappa shape index (κ3) is 4.90. The topological polar surface area (TPSA) is 94.9 Å². The van der Waals surface area contributed by atoms with E-state index in [1.54, 1.807) is 18.2 Å². The fraction of sp³-hybridized carbons (Fsp3) is 0.500. The second kappa shape index (κ2) is 7.13. The van der Waals surface area contributed by atoms with Gasteiger partial charge in [-0.2, -0.15) is 0 Å². The summed E-state index contributed by atoms with van der Waals surface area (Å²) in [7, 11) is -3.45. The Morgan fingerprint density at radius 1 is 1.26 bits per heavy atom. The molecule has 0 fully saturated rings. The van der Waals surface area contributed by atoms with Crippen molar-refractivity contribution in [1.82, 2.24) is 4.72 Å². The summed E-state index contributed by atoms with van der Waals surface area (Å²) in [6.45, 7) is 4.56. The van der Waals surface area contributed by atoms with Crippen LogP contribution in [0.1, 0.15) is 24.0 Å². The molecule has 1 aromatic rings. The van der Waals surface area contributed by atoms with Gasteiger partial charge in [0.2, 0.25) is 10.0 Å². The molecule has 6 nitrogen and oxygen atoms in total. The van der Waals surface area contributed by atoms with Crippen molar-refractivity contribution in [1.29, 1.82) is 0 Å². The van der Waals surface area contributed by atoms with Crippen LogP contribution in [-0.2, 0) is 10.0 Å². The van der Waals surface area contributed by atoms with Gasteiger partial charge in [0.05, 0.1) is 4.90 Å². The van der Waals surface area contributed by atoms with Crippen LogP contribution in [0.3, 0.4) is 0 Å². The molecule has 0 aliphatic carbocycles. The van der Waals surface area contributed by atoms with Gasteiger partial charge in [-0.05, 0) is 55.5 Å². The molecule has 1 aromatic carbocycles. The summed E-state index contributed by atoms with van der Waals surface area (Å²) in [5.41, 5.74) is 10.1. The fourth-order valence-corrected chi connectivity index (χ4v) is 2.68. The van der Waals surface area contributed by atoms with E-state index in [1.807, 2.05) is 13.8 Å². The van der Waals surface area contributed by atoms with Crippen molar-refractivity contribution in [2.45, 2.75) is 31.6 Å². The first-order valence-electron chi connectivity index (χ1n) is 6.05. The Labute approximate surface area is 113 Å². The number of nitrogens with one attached hydrogen (secondary N) is 1. The molecule has 0 radical (unpaired) electrons. The summed E-state index contributed by atoms with van der Waals surface area (Å²) < 4.78 is 26.5.